The summed E-state index contributed by atoms with van der Waals surface area (Å²) in [5, 5.41) is 3.82. The van der Waals surface area contributed by atoms with E-state index in [0.29, 0.717) is 28.8 Å². The minimum Gasteiger partial charge on any atom is -0.352 e. The molecular formula is C18H16Cl2N2O2. The van der Waals surface area contributed by atoms with Gasteiger partial charge in [0.05, 0.1) is 16.6 Å². The molecule has 0 saturated carbocycles. The normalized spacial score (nSPS) is 17.2. The van der Waals surface area contributed by atoms with E-state index in [-0.39, 0.29) is 18.2 Å². The molecule has 3 rings (SSSR count). The molecule has 1 N–H and O–H groups in total. The van der Waals surface area contributed by atoms with Crippen molar-refractivity contribution >= 4 is 40.7 Å². The summed E-state index contributed by atoms with van der Waals surface area (Å²) in [7, 11) is 0. The van der Waals surface area contributed by atoms with E-state index >= 15 is 0 Å². The fourth-order valence-corrected chi connectivity index (χ4v) is 3.12. The van der Waals surface area contributed by atoms with Gasteiger partial charge in [-0.15, -0.1) is 0 Å². The predicted molar refractivity (Wildman–Crippen MR) is 95.2 cm³/mol. The summed E-state index contributed by atoms with van der Waals surface area (Å²) >= 11 is 12.1. The molecule has 124 valence electrons. The summed E-state index contributed by atoms with van der Waals surface area (Å²) in [6.07, 6.45) is 0.170. The van der Waals surface area contributed by atoms with Crippen LogP contribution in [0.25, 0.3) is 0 Å². The number of hydrogen-bond acceptors (Lipinski definition) is 2. The second kappa shape index (κ2) is 7.24. The van der Waals surface area contributed by atoms with Crippen LogP contribution in [0.2, 0.25) is 10.0 Å². The van der Waals surface area contributed by atoms with E-state index in [1.54, 1.807) is 18.2 Å². The molecule has 2 amide bonds. The van der Waals surface area contributed by atoms with Crippen LogP contribution in [0.4, 0.5) is 5.69 Å². The van der Waals surface area contributed by atoms with Crippen molar-refractivity contribution in [1.82, 2.24) is 5.32 Å². The first-order valence-electron chi connectivity index (χ1n) is 7.61. The smallest absolute Gasteiger partial charge is 0.227 e. The number of hydrogen-bond donors (Lipinski definition) is 1. The fourth-order valence-electron chi connectivity index (χ4n) is 2.74. The van der Waals surface area contributed by atoms with Gasteiger partial charge in [-0.2, -0.15) is 0 Å². The third kappa shape index (κ3) is 3.71. The molecule has 1 aliphatic rings. The highest BCUT2D eigenvalue weighted by Crippen LogP contribution is 2.33. The highest BCUT2D eigenvalue weighted by molar-refractivity contribution is 6.35. The van der Waals surface area contributed by atoms with Crippen molar-refractivity contribution in [1.29, 1.82) is 0 Å². The molecule has 1 atom stereocenters. The van der Waals surface area contributed by atoms with Crippen LogP contribution < -0.4 is 10.2 Å². The monoisotopic (exact) mass is 362 g/mol. The van der Waals surface area contributed by atoms with Crippen LogP contribution in [-0.2, 0) is 16.1 Å². The number of carbonyl (C=O) groups is 2. The Kier molecular flexibility index (Phi) is 5.07. The zero-order valence-corrected chi connectivity index (χ0v) is 14.3. The lowest BCUT2D eigenvalue weighted by molar-refractivity contribution is -0.126. The molecule has 0 spiro atoms. The van der Waals surface area contributed by atoms with Crippen LogP contribution in [0.3, 0.4) is 0 Å². The van der Waals surface area contributed by atoms with Crippen LogP contribution in [0.15, 0.2) is 48.5 Å². The Labute approximate surface area is 150 Å². The molecule has 6 heteroatoms. The molecule has 1 saturated heterocycles. The third-order valence-electron chi connectivity index (χ3n) is 4.00. The maximum atomic E-state index is 12.3. The van der Waals surface area contributed by atoms with Gasteiger partial charge in [-0.25, -0.2) is 0 Å². The molecule has 4 nitrogen and oxygen atoms in total. The Bertz CT molecular complexity index is 765. The Balaban J connectivity index is 1.66. The van der Waals surface area contributed by atoms with Gasteiger partial charge >= 0.3 is 0 Å². The maximum absolute atomic E-state index is 12.3. The SMILES string of the molecule is O=C(NCc1ccccc1)[C@H]1CC(=O)N(c2cc(Cl)ccc2Cl)C1. The molecule has 2 aromatic carbocycles. The van der Waals surface area contributed by atoms with Gasteiger partial charge in [-0.3, -0.25) is 9.59 Å². The molecule has 1 aliphatic heterocycles. The zero-order chi connectivity index (χ0) is 17.1. The van der Waals surface area contributed by atoms with E-state index in [4.69, 9.17) is 23.2 Å². The molecule has 0 radical (unpaired) electrons. The average molecular weight is 363 g/mol. The molecule has 0 aliphatic carbocycles. The lowest BCUT2D eigenvalue weighted by Gasteiger charge is -2.18. The van der Waals surface area contributed by atoms with Crippen LogP contribution >= 0.6 is 23.2 Å². The number of rotatable bonds is 4. The third-order valence-corrected chi connectivity index (χ3v) is 4.56. The van der Waals surface area contributed by atoms with Crippen LogP contribution in [0.1, 0.15) is 12.0 Å². The highest BCUT2D eigenvalue weighted by atomic mass is 35.5. The first-order chi connectivity index (χ1) is 11.5. The summed E-state index contributed by atoms with van der Waals surface area (Å²) < 4.78 is 0. The van der Waals surface area contributed by atoms with Crippen molar-refractivity contribution in [3.05, 3.63) is 64.1 Å². The predicted octanol–water partition coefficient (Wildman–Crippen LogP) is 3.66. The van der Waals surface area contributed by atoms with Gasteiger partial charge in [0.25, 0.3) is 0 Å². The molecule has 24 heavy (non-hydrogen) atoms. The van der Waals surface area contributed by atoms with E-state index in [1.807, 2.05) is 30.3 Å². The fraction of sp³-hybridized carbons (Fsp3) is 0.222. The Morgan fingerprint density at radius 2 is 1.92 bits per heavy atom. The molecular weight excluding hydrogens is 347 g/mol. The number of anilines is 1. The van der Waals surface area contributed by atoms with Gasteiger partial charge in [0.15, 0.2) is 0 Å². The Morgan fingerprint density at radius 1 is 1.17 bits per heavy atom. The van der Waals surface area contributed by atoms with Crippen LogP contribution in [0.5, 0.6) is 0 Å². The van der Waals surface area contributed by atoms with Gasteiger partial charge in [-0.1, -0.05) is 53.5 Å². The lowest BCUT2D eigenvalue weighted by Crippen LogP contribution is -2.32. The molecule has 2 aromatic rings. The highest BCUT2D eigenvalue weighted by Gasteiger charge is 2.35. The molecule has 0 unspecified atom stereocenters. The average Bonchev–Trinajstić information content (AvgIpc) is 2.97. The van der Waals surface area contributed by atoms with E-state index in [2.05, 4.69) is 5.32 Å². The second-order valence-corrected chi connectivity index (χ2v) is 6.55. The minimum absolute atomic E-state index is 0.126. The van der Waals surface area contributed by atoms with Gasteiger partial charge < -0.3 is 10.2 Å². The van der Waals surface area contributed by atoms with Crippen molar-refractivity contribution in [2.45, 2.75) is 13.0 Å². The van der Waals surface area contributed by atoms with Crippen LogP contribution in [0, 0.1) is 5.92 Å². The van der Waals surface area contributed by atoms with Crippen molar-refractivity contribution in [2.24, 2.45) is 5.92 Å². The minimum atomic E-state index is -0.392. The Hall–Kier alpha value is -2.04. The van der Waals surface area contributed by atoms with Crippen molar-refractivity contribution in [2.75, 3.05) is 11.4 Å². The molecule has 1 heterocycles. The number of amides is 2. The first-order valence-corrected chi connectivity index (χ1v) is 8.37. The Morgan fingerprint density at radius 3 is 2.67 bits per heavy atom. The van der Waals surface area contributed by atoms with Crippen molar-refractivity contribution in [3.8, 4) is 0 Å². The molecule has 1 fully saturated rings. The molecule has 0 bridgehead atoms. The van der Waals surface area contributed by atoms with E-state index in [0.717, 1.165) is 5.56 Å². The van der Waals surface area contributed by atoms with Crippen molar-refractivity contribution in [3.63, 3.8) is 0 Å². The quantitative estimate of drug-likeness (QED) is 0.901. The second-order valence-electron chi connectivity index (χ2n) is 5.70. The summed E-state index contributed by atoms with van der Waals surface area (Å²) in [5.41, 5.74) is 1.57. The van der Waals surface area contributed by atoms with Gasteiger partial charge in [0.1, 0.15) is 0 Å². The first kappa shape index (κ1) is 16.8. The zero-order valence-electron chi connectivity index (χ0n) is 12.8. The van der Waals surface area contributed by atoms with Crippen LogP contribution in [-0.4, -0.2) is 18.4 Å². The lowest BCUT2D eigenvalue weighted by atomic mass is 10.1. The number of nitrogens with zero attached hydrogens (tertiary/aromatic N) is 1. The number of benzene rings is 2. The largest absolute Gasteiger partial charge is 0.352 e. The van der Waals surface area contributed by atoms with Gasteiger partial charge in [0, 0.05) is 24.5 Å². The van der Waals surface area contributed by atoms with Crippen molar-refractivity contribution < 1.29 is 9.59 Å². The number of nitrogens with one attached hydrogen (secondary N) is 1. The van der Waals surface area contributed by atoms with E-state index < -0.39 is 5.92 Å². The van der Waals surface area contributed by atoms with E-state index in [1.165, 1.54) is 4.90 Å². The summed E-state index contributed by atoms with van der Waals surface area (Å²) in [5.74, 6) is -0.650. The topological polar surface area (TPSA) is 49.4 Å². The summed E-state index contributed by atoms with van der Waals surface area (Å²) in [6, 6.07) is 14.6. The number of halogens is 2. The van der Waals surface area contributed by atoms with E-state index in [9.17, 15) is 9.59 Å². The molecule has 0 aromatic heterocycles. The summed E-state index contributed by atoms with van der Waals surface area (Å²) in [6.45, 7) is 0.752. The van der Waals surface area contributed by atoms with Gasteiger partial charge in [-0.05, 0) is 23.8 Å². The number of carbonyl (C=O) groups excluding carboxylic acids is 2. The maximum Gasteiger partial charge on any atom is 0.227 e. The van der Waals surface area contributed by atoms with Gasteiger partial charge in [0.2, 0.25) is 11.8 Å². The standard InChI is InChI=1S/C18H16Cl2N2O2/c19-14-6-7-15(20)16(9-14)22-11-13(8-17(22)23)18(24)21-10-12-4-2-1-3-5-12/h1-7,9,13H,8,10-11H2,(H,21,24)/t13-/m0/s1. The summed E-state index contributed by atoms with van der Waals surface area (Å²) in [4.78, 5) is 26.1.